The Labute approximate surface area is 194 Å². The second-order valence-corrected chi connectivity index (χ2v) is 8.88. The molecule has 3 N–H and O–H groups in total. The summed E-state index contributed by atoms with van der Waals surface area (Å²) in [6.45, 7) is 2.08. The minimum absolute atomic E-state index is 0.0181. The quantitative estimate of drug-likeness (QED) is 0.278. The van der Waals surface area contributed by atoms with Gasteiger partial charge >= 0.3 is 6.18 Å². The molecule has 7 nitrogen and oxygen atoms in total. The van der Waals surface area contributed by atoms with Gasteiger partial charge in [0.05, 0.1) is 17.5 Å². The van der Waals surface area contributed by atoms with E-state index in [0.717, 1.165) is 24.5 Å². The van der Waals surface area contributed by atoms with E-state index < -0.39 is 33.6 Å². The molecule has 2 aromatic rings. The minimum Gasteiger partial charge on any atom is -0.370 e. The molecule has 34 heavy (non-hydrogen) atoms. The smallest absolute Gasteiger partial charge is 0.370 e. The van der Waals surface area contributed by atoms with Crippen molar-refractivity contribution < 1.29 is 30.8 Å². The molecule has 2 rings (SSSR count). The average molecular weight is 499 g/mol. The summed E-state index contributed by atoms with van der Waals surface area (Å²) in [7, 11) is -3.76. The number of terminal acetylenes is 1. The van der Waals surface area contributed by atoms with Gasteiger partial charge in [-0.05, 0) is 42.3 Å². The van der Waals surface area contributed by atoms with Crippen LogP contribution in [0.25, 0.3) is 6.08 Å². The fourth-order valence-corrected chi connectivity index (χ4v) is 3.31. The molecule has 1 amide bonds. The summed E-state index contributed by atoms with van der Waals surface area (Å²) in [5, 5.41) is 5.29. The standard InChI is InChI=1S/C22H22F4N4O3S/c1-4-10-27-21-16(6-8-18(29-21)22(24,25)26)7-9-19(31)28-13-14-11-15(5-2)20(17(23)12-14)30-34(3,32)33/h2,6-9,11-12,30H,4,10,13H2,1,3H3,(H,27,29)(H,28,31)/b9-7+. The van der Waals surface area contributed by atoms with Crippen LogP contribution < -0.4 is 15.4 Å². The van der Waals surface area contributed by atoms with Crippen LogP contribution >= 0.6 is 0 Å². The van der Waals surface area contributed by atoms with Crippen molar-refractivity contribution in [1.29, 1.82) is 0 Å². The lowest BCUT2D eigenvalue weighted by atomic mass is 10.1. The second kappa shape index (κ2) is 11.0. The molecule has 0 aliphatic carbocycles. The van der Waals surface area contributed by atoms with Crippen LogP contribution in [-0.2, 0) is 27.5 Å². The number of aromatic nitrogens is 1. The number of amides is 1. The molecule has 0 spiro atoms. The SMILES string of the molecule is C#Cc1cc(CNC(=O)/C=C/c2ccc(C(F)(F)F)nc2NCCC)cc(F)c1NS(C)(=O)=O. The second-order valence-electron chi connectivity index (χ2n) is 7.13. The molecule has 0 aliphatic heterocycles. The number of anilines is 2. The first kappa shape index (κ1) is 26.7. The van der Waals surface area contributed by atoms with Crippen molar-refractivity contribution in [2.24, 2.45) is 0 Å². The molecular weight excluding hydrogens is 476 g/mol. The Kier molecular flexibility index (Phi) is 8.64. The van der Waals surface area contributed by atoms with E-state index in [-0.39, 0.29) is 34.7 Å². The molecule has 0 unspecified atom stereocenters. The number of hydrogen-bond donors (Lipinski definition) is 3. The van der Waals surface area contributed by atoms with E-state index in [2.05, 4.69) is 21.5 Å². The zero-order chi connectivity index (χ0) is 25.5. The molecular formula is C22H22F4N4O3S. The number of benzene rings is 1. The highest BCUT2D eigenvalue weighted by Crippen LogP contribution is 2.30. The number of nitrogens with one attached hydrogen (secondary N) is 3. The molecule has 1 aromatic carbocycles. The maximum absolute atomic E-state index is 14.3. The van der Waals surface area contributed by atoms with Gasteiger partial charge < -0.3 is 10.6 Å². The normalized spacial score (nSPS) is 11.8. The Morgan fingerprint density at radius 2 is 1.97 bits per heavy atom. The topological polar surface area (TPSA) is 100 Å². The summed E-state index contributed by atoms with van der Waals surface area (Å²) < 4.78 is 77.9. The number of nitrogens with zero attached hydrogens (tertiary/aromatic N) is 1. The molecule has 0 radical (unpaired) electrons. The number of hydrogen-bond acceptors (Lipinski definition) is 5. The molecule has 12 heteroatoms. The van der Waals surface area contributed by atoms with Crippen LogP contribution in [0.15, 0.2) is 30.3 Å². The largest absolute Gasteiger partial charge is 0.433 e. The monoisotopic (exact) mass is 498 g/mol. The van der Waals surface area contributed by atoms with Crippen molar-refractivity contribution in [3.8, 4) is 12.3 Å². The number of alkyl halides is 3. The zero-order valence-electron chi connectivity index (χ0n) is 18.3. The molecule has 0 atom stereocenters. The van der Waals surface area contributed by atoms with Crippen molar-refractivity contribution in [3.63, 3.8) is 0 Å². The van der Waals surface area contributed by atoms with E-state index in [1.54, 1.807) is 0 Å². The molecule has 1 heterocycles. The maximum atomic E-state index is 14.3. The fraction of sp³-hybridized carbons (Fsp3) is 0.273. The highest BCUT2D eigenvalue weighted by atomic mass is 32.2. The highest BCUT2D eigenvalue weighted by molar-refractivity contribution is 7.92. The predicted molar refractivity (Wildman–Crippen MR) is 122 cm³/mol. The van der Waals surface area contributed by atoms with Crippen LogP contribution in [0.2, 0.25) is 0 Å². The van der Waals surface area contributed by atoms with E-state index in [4.69, 9.17) is 6.42 Å². The number of pyridine rings is 1. The van der Waals surface area contributed by atoms with Crippen LogP contribution in [0.1, 0.15) is 35.7 Å². The molecule has 1 aromatic heterocycles. The lowest BCUT2D eigenvalue weighted by molar-refractivity contribution is -0.141. The number of rotatable bonds is 9. The lowest BCUT2D eigenvalue weighted by Crippen LogP contribution is -2.21. The first-order valence-corrected chi connectivity index (χ1v) is 11.8. The molecule has 0 saturated heterocycles. The van der Waals surface area contributed by atoms with Gasteiger partial charge in [-0.1, -0.05) is 12.8 Å². The van der Waals surface area contributed by atoms with E-state index in [1.807, 2.05) is 11.6 Å². The lowest BCUT2D eigenvalue weighted by Gasteiger charge is -2.12. The van der Waals surface area contributed by atoms with Crippen molar-refractivity contribution in [3.05, 3.63) is 58.5 Å². The van der Waals surface area contributed by atoms with Gasteiger partial charge in [0, 0.05) is 24.7 Å². The number of carbonyl (C=O) groups excluding carboxylic acids is 1. The van der Waals surface area contributed by atoms with Crippen molar-refractivity contribution in [2.75, 3.05) is 22.8 Å². The molecule has 0 saturated carbocycles. The zero-order valence-corrected chi connectivity index (χ0v) is 19.1. The van der Waals surface area contributed by atoms with E-state index in [1.165, 1.54) is 18.2 Å². The Morgan fingerprint density at radius 1 is 1.26 bits per heavy atom. The van der Waals surface area contributed by atoms with Gasteiger partial charge in [-0.15, -0.1) is 6.42 Å². The summed E-state index contributed by atoms with van der Waals surface area (Å²) in [5.41, 5.74) is -0.941. The summed E-state index contributed by atoms with van der Waals surface area (Å²) in [4.78, 5) is 15.8. The summed E-state index contributed by atoms with van der Waals surface area (Å²) >= 11 is 0. The van der Waals surface area contributed by atoms with E-state index in [0.29, 0.717) is 13.0 Å². The van der Waals surface area contributed by atoms with Gasteiger partial charge in [-0.2, -0.15) is 13.2 Å². The Balaban J connectivity index is 2.15. The number of sulfonamides is 1. The third-order valence-corrected chi connectivity index (χ3v) is 4.81. The Morgan fingerprint density at radius 3 is 2.56 bits per heavy atom. The summed E-state index contributed by atoms with van der Waals surface area (Å²) in [6.07, 6.45) is 4.61. The Bertz CT molecular complexity index is 1240. The first-order valence-electron chi connectivity index (χ1n) is 9.89. The van der Waals surface area contributed by atoms with Crippen LogP contribution in [0.4, 0.5) is 29.1 Å². The fourth-order valence-electron chi connectivity index (χ4n) is 2.73. The minimum atomic E-state index is -4.61. The summed E-state index contributed by atoms with van der Waals surface area (Å²) in [6, 6.07) is 4.36. The Hall–Kier alpha value is -3.59. The molecule has 182 valence electrons. The summed E-state index contributed by atoms with van der Waals surface area (Å²) in [5.74, 6) is 0.643. The third kappa shape index (κ3) is 7.77. The van der Waals surface area contributed by atoms with Crippen LogP contribution in [-0.4, -0.2) is 32.1 Å². The van der Waals surface area contributed by atoms with Gasteiger partial charge in [0.25, 0.3) is 0 Å². The van der Waals surface area contributed by atoms with Crippen LogP contribution in [0, 0.1) is 18.2 Å². The average Bonchev–Trinajstić information content (AvgIpc) is 2.75. The van der Waals surface area contributed by atoms with Crippen molar-refractivity contribution >= 4 is 33.5 Å². The van der Waals surface area contributed by atoms with Gasteiger partial charge in [0.15, 0.2) is 0 Å². The molecule has 0 fully saturated rings. The van der Waals surface area contributed by atoms with E-state index >= 15 is 0 Å². The first-order chi connectivity index (χ1) is 15.8. The van der Waals surface area contributed by atoms with Crippen molar-refractivity contribution in [1.82, 2.24) is 10.3 Å². The van der Waals surface area contributed by atoms with Crippen LogP contribution in [0.3, 0.4) is 0 Å². The van der Waals surface area contributed by atoms with Gasteiger partial charge in [0.1, 0.15) is 17.3 Å². The van der Waals surface area contributed by atoms with E-state index in [9.17, 15) is 30.8 Å². The predicted octanol–water partition coefficient (Wildman–Crippen LogP) is 3.74. The van der Waals surface area contributed by atoms with Gasteiger partial charge in [-0.3, -0.25) is 9.52 Å². The van der Waals surface area contributed by atoms with Crippen LogP contribution in [0.5, 0.6) is 0 Å². The maximum Gasteiger partial charge on any atom is 0.433 e. The number of carbonyl (C=O) groups is 1. The third-order valence-electron chi connectivity index (χ3n) is 4.23. The van der Waals surface area contributed by atoms with Gasteiger partial charge in [-0.25, -0.2) is 17.8 Å². The van der Waals surface area contributed by atoms with Gasteiger partial charge in [0.2, 0.25) is 15.9 Å². The van der Waals surface area contributed by atoms with Crippen molar-refractivity contribution in [2.45, 2.75) is 26.1 Å². The highest BCUT2D eigenvalue weighted by Gasteiger charge is 2.32. The number of halogens is 4. The molecule has 0 bridgehead atoms. The molecule has 0 aliphatic rings.